The van der Waals surface area contributed by atoms with E-state index in [1.54, 1.807) is 14.2 Å². The van der Waals surface area contributed by atoms with Crippen molar-refractivity contribution < 1.29 is 23.7 Å². The van der Waals surface area contributed by atoms with E-state index in [1.165, 1.54) is 6.92 Å². The Morgan fingerprint density at radius 3 is 2.59 bits per heavy atom. The van der Waals surface area contributed by atoms with Gasteiger partial charge in [-0.25, -0.2) is 0 Å². The summed E-state index contributed by atoms with van der Waals surface area (Å²) in [4.78, 5) is 11.1. The van der Waals surface area contributed by atoms with Crippen LogP contribution in [0.5, 0.6) is 0 Å². The monoisotopic (exact) mass is 244 g/mol. The van der Waals surface area contributed by atoms with Crippen LogP contribution in [0.2, 0.25) is 0 Å². The Morgan fingerprint density at radius 2 is 2.00 bits per heavy atom. The van der Waals surface area contributed by atoms with Crippen LogP contribution in [0.4, 0.5) is 0 Å². The molecule has 2 rings (SSSR count). The van der Waals surface area contributed by atoms with E-state index in [-0.39, 0.29) is 30.6 Å². The molecule has 2 aliphatic rings. The number of hydrogen-bond acceptors (Lipinski definition) is 5. The van der Waals surface area contributed by atoms with Gasteiger partial charge in [-0.2, -0.15) is 0 Å². The quantitative estimate of drug-likeness (QED) is 0.701. The first-order chi connectivity index (χ1) is 8.15. The van der Waals surface area contributed by atoms with Crippen LogP contribution in [0.25, 0.3) is 0 Å². The van der Waals surface area contributed by atoms with Crippen LogP contribution in [-0.2, 0) is 23.7 Å². The minimum Gasteiger partial charge on any atom is -0.462 e. The molecule has 1 saturated carbocycles. The summed E-state index contributed by atoms with van der Waals surface area (Å²) >= 11 is 0. The number of methoxy groups -OCH3 is 2. The zero-order valence-corrected chi connectivity index (χ0v) is 10.5. The van der Waals surface area contributed by atoms with E-state index in [2.05, 4.69) is 0 Å². The van der Waals surface area contributed by atoms with Crippen molar-refractivity contribution in [2.75, 3.05) is 14.2 Å². The lowest BCUT2D eigenvalue weighted by Crippen LogP contribution is -2.45. The van der Waals surface area contributed by atoms with E-state index in [0.29, 0.717) is 5.92 Å². The second-order valence-corrected chi connectivity index (χ2v) is 4.70. The first kappa shape index (κ1) is 12.8. The van der Waals surface area contributed by atoms with Gasteiger partial charge in [0.2, 0.25) is 0 Å². The van der Waals surface area contributed by atoms with Crippen molar-refractivity contribution in [3.63, 3.8) is 0 Å². The zero-order chi connectivity index (χ0) is 12.4. The molecule has 0 radical (unpaired) electrons. The van der Waals surface area contributed by atoms with Gasteiger partial charge in [-0.3, -0.25) is 4.79 Å². The molecule has 98 valence electrons. The predicted molar refractivity (Wildman–Crippen MR) is 59.1 cm³/mol. The Kier molecular flexibility index (Phi) is 4.01. The summed E-state index contributed by atoms with van der Waals surface area (Å²) in [7, 11) is 3.25. The molecule has 1 aliphatic heterocycles. The van der Waals surface area contributed by atoms with Crippen LogP contribution >= 0.6 is 0 Å². The average Bonchev–Trinajstić information content (AvgIpc) is 2.70. The van der Waals surface area contributed by atoms with Crippen molar-refractivity contribution in [1.29, 1.82) is 0 Å². The fourth-order valence-corrected chi connectivity index (χ4v) is 3.00. The molecule has 0 amide bonds. The lowest BCUT2D eigenvalue weighted by molar-refractivity contribution is -0.290. The fourth-order valence-electron chi connectivity index (χ4n) is 3.00. The number of hydrogen-bond donors (Lipinski definition) is 0. The summed E-state index contributed by atoms with van der Waals surface area (Å²) in [6, 6.07) is 0. The van der Waals surface area contributed by atoms with Crippen LogP contribution in [0.15, 0.2) is 0 Å². The molecule has 0 aromatic heterocycles. The van der Waals surface area contributed by atoms with Crippen molar-refractivity contribution in [2.24, 2.45) is 11.8 Å². The molecule has 17 heavy (non-hydrogen) atoms. The maximum atomic E-state index is 11.1. The molecule has 0 N–H and O–H groups in total. The number of esters is 1. The maximum Gasteiger partial charge on any atom is 0.302 e. The summed E-state index contributed by atoms with van der Waals surface area (Å²) in [6.45, 7) is 1.44. The molecule has 5 atom stereocenters. The van der Waals surface area contributed by atoms with E-state index in [9.17, 15) is 4.79 Å². The van der Waals surface area contributed by atoms with E-state index >= 15 is 0 Å². The van der Waals surface area contributed by atoms with Crippen molar-refractivity contribution in [1.82, 2.24) is 0 Å². The molecule has 0 bridgehead atoms. The zero-order valence-electron chi connectivity index (χ0n) is 10.5. The summed E-state index contributed by atoms with van der Waals surface area (Å²) < 4.78 is 21.6. The topological polar surface area (TPSA) is 54.0 Å². The van der Waals surface area contributed by atoms with Gasteiger partial charge < -0.3 is 18.9 Å². The molecule has 5 nitrogen and oxygen atoms in total. The highest BCUT2D eigenvalue weighted by Gasteiger charge is 2.48. The Hall–Kier alpha value is -0.650. The van der Waals surface area contributed by atoms with Crippen molar-refractivity contribution in [2.45, 2.75) is 44.9 Å². The minimum atomic E-state index is -0.342. The molecule has 1 saturated heterocycles. The Bertz CT molecular complexity index is 280. The fraction of sp³-hybridized carbons (Fsp3) is 0.917. The van der Waals surface area contributed by atoms with Crippen LogP contribution in [-0.4, -0.2) is 38.9 Å². The van der Waals surface area contributed by atoms with Crippen LogP contribution in [0.3, 0.4) is 0 Å². The SMILES string of the molecule is COC1C[C@H]2CC[C@@H](OC(C)=O)[C@H]2C(OC)O1. The smallest absolute Gasteiger partial charge is 0.302 e. The molecule has 0 spiro atoms. The molecule has 2 unspecified atom stereocenters. The van der Waals surface area contributed by atoms with Crippen LogP contribution in [0, 0.1) is 11.8 Å². The van der Waals surface area contributed by atoms with Gasteiger partial charge in [0.15, 0.2) is 12.6 Å². The second kappa shape index (κ2) is 5.33. The summed E-state index contributed by atoms with van der Waals surface area (Å²) in [5.41, 5.74) is 0. The van der Waals surface area contributed by atoms with E-state index in [1.807, 2.05) is 0 Å². The predicted octanol–water partition coefficient (Wildman–Crippen LogP) is 1.31. The van der Waals surface area contributed by atoms with Gasteiger partial charge >= 0.3 is 5.97 Å². The molecule has 5 heteroatoms. The number of rotatable bonds is 3. The van der Waals surface area contributed by atoms with Gasteiger partial charge in [-0.15, -0.1) is 0 Å². The summed E-state index contributed by atoms with van der Waals surface area (Å²) in [6.07, 6.45) is 2.13. The largest absolute Gasteiger partial charge is 0.462 e. The van der Waals surface area contributed by atoms with Gasteiger partial charge in [0.25, 0.3) is 0 Å². The van der Waals surface area contributed by atoms with Crippen molar-refractivity contribution >= 4 is 5.97 Å². The normalized spacial score (nSPS) is 41.0. The standard InChI is InChI=1S/C12H20O5/c1-7(13)16-9-5-4-8-6-10(14-2)17-12(15-3)11(8)9/h8-12H,4-6H2,1-3H3/t8-,9-,10?,11+,12?/m1/s1. The van der Waals surface area contributed by atoms with Gasteiger partial charge in [0.1, 0.15) is 6.10 Å². The Balaban J connectivity index is 2.06. The molecule has 1 aliphatic carbocycles. The van der Waals surface area contributed by atoms with Crippen LogP contribution in [0.1, 0.15) is 26.2 Å². The number of carbonyl (C=O) groups excluding carboxylic acids is 1. The van der Waals surface area contributed by atoms with Crippen molar-refractivity contribution in [3.8, 4) is 0 Å². The van der Waals surface area contributed by atoms with Crippen LogP contribution < -0.4 is 0 Å². The molecule has 0 aromatic carbocycles. The first-order valence-corrected chi connectivity index (χ1v) is 6.04. The number of carbonyl (C=O) groups is 1. The van der Waals surface area contributed by atoms with Gasteiger partial charge in [-0.1, -0.05) is 0 Å². The number of ether oxygens (including phenoxy) is 4. The third-order valence-electron chi connectivity index (χ3n) is 3.70. The highest BCUT2D eigenvalue weighted by atomic mass is 16.8. The molecule has 1 heterocycles. The lowest BCUT2D eigenvalue weighted by Gasteiger charge is -2.38. The minimum absolute atomic E-state index is 0.0831. The van der Waals surface area contributed by atoms with E-state index in [0.717, 1.165) is 19.3 Å². The van der Waals surface area contributed by atoms with Gasteiger partial charge in [0, 0.05) is 27.6 Å². The molecule has 0 aromatic rings. The highest BCUT2D eigenvalue weighted by molar-refractivity contribution is 5.66. The van der Waals surface area contributed by atoms with E-state index < -0.39 is 0 Å². The lowest BCUT2D eigenvalue weighted by atomic mass is 9.88. The first-order valence-electron chi connectivity index (χ1n) is 6.04. The highest BCUT2D eigenvalue weighted by Crippen LogP contribution is 2.44. The second-order valence-electron chi connectivity index (χ2n) is 4.70. The third kappa shape index (κ3) is 2.61. The van der Waals surface area contributed by atoms with Crippen molar-refractivity contribution in [3.05, 3.63) is 0 Å². The van der Waals surface area contributed by atoms with Gasteiger partial charge in [0.05, 0.1) is 5.92 Å². The van der Waals surface area contributed by atoms with E-state index in [4.69, 9.17) is 18.9 Å². The summed E-state index contributed by atoms with van der Waals surface area (Å²) in [5.74, 6) is 0.345. The Morgan fingerprint density at radius 1 is 1.24 bits per heavy atom. The number of fused-ring (bicyclic) bond motifs is 1. The third-order valence-corrected chi connectivity index (χ3v) is 3.70. The Labute approximate surface area is 101 Å². The molecular weight excluding hydrogens is 224 g/mol. The molecular formula is C12H20O5. The maximum absolute atomic E-state index is 11.1. The summed E-state index contributed by atoms with van der Waals surface area (Å²) in [5, 5.41) is 0. The average molecular weight is 244 g/mol. The van der Waals surface area contributed by atoms with Gasteiger partial charge in [-0.05, 0) is 18.8 Å². The molecule has 2 fully saturated rings.